The van der Waals surface area contributed by atoms with Gasteiger partial charge < -0.3 is 10.2 Å². The van der Waals surface area contributed by atoms with Gasteiger partial charge in [-0.15, -0.1) is 36.2 Å². The van der Waals surface area contributed by atoms with E-state index in [4.69, 9.17) is 0 Å². The van der Waals surface area contributed by atoms with Crippen molar-refractivity contribution in [2.45, 2.75) is 38.6 Å². The molecule has 2 heterocycles. The summed E-state index contributed by atoms with van der Waals surface area (Å²) >= 11 is 1.68. The van der Waals surface area contributed by atoms with E-state index in [1.54, 1.807) is 11.3 Å². The maximum absolute atomic E-state index is 12.5. The van der Waals surface area contributed by atoms with Crippen LogP contribution < -0.4 is 5.32 Å². The Morgan fingerprint density at radius 2 is 2.00 bits per heavy atom. The van der Waals surface area contributed by atoms with Crippen LogP contribution in [0.2, 0.25) is 0 Å². The van der Waals surface area contributed by atoms with Crippen molar-refractivity contribution in [1.29, 1.82) is 0 Å². The Bertz CT molecular complexity index is 640. The monoisotopic (exact) mass is 403 g/mol. The summed E-state index contributed by atoms with van der Waals surface area (Å²) in [5.41, 5.74) is 1.02. The number of hydrogen-bond donors (Lipinski definition) is 1. The highest BCUT2D eigenvalue weighted by molar-refractivity contribution is 7.18. The number of nitrogens with zero attached hydrogens (tertiary/aromatic N) is 2. The molecule has 1 N–H and O–H groups in total. The van der Waals surface area contributed by atoms with E-state index in [0.29, 0.717) is 12.3 Å². The molecule has 1 aliphatic rings. The van der Waals surface area contributed by atoms with Gasteiger partial charge >= 0.3 is 0 Å². The average Bonchev–Trinajstić information content (AvgIpc) is 3.03. The molecule has 25 heavy (non-hydrogen) atoms. The van der Waals surface area contributed by atoms with E-state index in [9.17, 15) is 4.79 Å². The van der Waals surface area contributed by atoms with Crippen molar-refractivity contribution in [3.8, 4) is 0 Å². The second-order valence-electron chi connectivity index (χ2n) is 6.43. The molecule has 1 aromatic carbocycles. The molecule has 140 valence electrons. The van der Waals surface area contributed by atoms with Gasteiger partial charge in [-0.05, 0) is 57.3 Å². The molecule has 0 saturated carbocycles. The number of piperidine rings is 1. The molecule has 4 nitrogen and oxygen atoms in total. The normalized spacial score (nSPS) is 15.9. The smallest absolute Gasteiger partial charge is 0.222 e. The van der Waals surface area contributed by atoms with Gasteiger partial charge in [-0.1, -0.05) is 12.1 Å². The number of nitrogens with one attached hydrogen (secondary N) is 1. The summed E-state index contributed by atoms with van der Waals surface area (Å²) in [4.78, 5) is 19.0. The zero-order valence-corrected chi connectivity index (χ0v) is 17.2. The molecule has 0 aliphatic carbocycles. The molecule has 1 saturated heterocycles. The van der Waals surface area contributed by atoms with E-state index < -0.39 is 0 Å². The molecule has 7 heteroatoms. The van der Waals surface area contributed by atoms with Crippen molar-refractivity contribution < 1.29 is 4.79 Å². The van der Waals surface area contributed by atoms with Gasteiger partial charge in [0.15, 0.2) is 0 Å². The number of fused-ring (bicyclic) bond motifs is 1. The Kier molecular flexibility index (Phi) is 9.14. The topological polar surface area (TPSA) is 45.2 Å². The Balaban J connectivity index is 0.00000156. The molecule has 1 atom stereocenters. The number of hydrogen-bond acceptors (Lipinski definition) is 4. The highest BCUT2D eigenvalue weighted by Gasteiger charge is 2.22. The Morgan fingerprint density at radius 1 is 1.32 bits per heavy atom. The number of amides is 1. The maximum Gasteiger partial charge on any atom is 0.222 e. The summed E-state index contributed by atoms with van der Waals surface area (Å²) in [6.45, 7) is 4.26. The van der Waals surface area contributed by atoms with Crippen molar-refractivity contribution >= 4 is 52.3 Å². The minimum Gasteiger partial charge on any atom is -0.337 e. The Labute approximate surface area is 166 Å². The first kappa shape index (κ1) is 22.2. The number of para-hydroxylation sites is 1. The lowest BCUT2D eigenvalue weighted by Crippen LogP contribution is -2.31. The molecule has 3 rings (SSSR count). The number of benzene rings is 1. The van der Waals surface area contributed by atoms with Gasteiger partial charge in [0.05, 0.1) is 16.3 Å². The SMILES string of the molecule is CC(c1nc2ccccc2s1)N(C)C(=O)CCC1CCNCC1.Cl.Cl. The second-order valence-corrected chi connectivity index (χ2v) is 7.49. The number of aromatic nitrogens is 1. The fourth-order valence-corrected chi connectivity index (χ4v) is 4.19. The molecule has 0 spiro atoms. The lowest BCUT2D eigenvalue weighted by Gasteiger charge is -2.26. The number of halogens is 2. The minimum atomic E-state index is 0. The van der Waals surface area contributed by atoms with Crippen LogP contribution in [0.25, 0.3) is 10.2 Å². The summed E-state index contributed by atoms with van der Waals surface area (Å²) in [7, 11) is 1.90. The van der Waals surface area contributed by atoms with Crippen molar-refractivity contribution in [2.24, 2.45) is 5.92 Å². The van der Waals surface area contributed by atoms with E-state index in [0.717, 1.165) is 30.0 Å². The number of carbonyl (C=O) groups is 1. The van der Waals surface area contributed by atoms with Gasteiger partial charge in [-0.25, -0.2) is 4.98 Å². The third-order valence-corrected chi connectivity index (χ3v) is 6.07. The summed E-state index contributed by atoms with van der Waals surface area (Å²) in [5.74, 6) is 0.932. The highest BCUT2D eigenvalue weighted by Crippen LogP contribution is 2.29. The molecule has 0 bridgehead atoms. The van der Waals surface area contributed by atoms with Gasteiger partial charge in [0.2, 0.25) is 5.91 Å². The van der Waals surface area contributed by atoms with Crippen LogP contribution in [-0.4, -0.2) is 35.9 Å². The number of carbonyl (C=O) groups excluding carboxylic acids is 1. The Hall–Kier alpha value is -0.880. The molecule has 1 fully saturated rings. The fourth-order valence-electron chi connectivity index (χ4n) is 3.12. The molecular formula is C18H27Cl2N3OS. The fraction of sp³-hybridized carbons (Fsp3) is 0.556. The van der Waals surface area contributed by atoms with Crippen LogP contribution in [-0.2, 0) is 4.79 Å². The third kappa shape index (κ3) is 5.55. The lowest BCUT2D eigenvalue weighted by atomic mass is 9.93. The van der Waals surface area contributed by atoms with Crippen LogP contribution >= 0.6 is 36.2 Å². The average molecular weight is 404 g/mol. The van der Waals surface area contributed by atoms with Gasteiger partial charge in [0.1, 0.15) is 5.01 Å². The predicted molar refractivity (Wildman–Crippen MR) is 110 cm³/mol. The van der Waals surface area contributed by atoms with Crippen molar-refractivity contribution in [3.63, 3.8) is 0 Å². The maximum atomic E-state index is 12.5. The van der Waals surface area contributed by atoms with Gasteiger partial charge in [-0.2, -0.15) is 0 Å². The molecule has 1 amide bonds. The van der Waals surface area contributed by atoms with E-state index in [1.165, 1.54) is 17.5 Å². The Morgan fingerprint density at radius 3 is 2.68 bits per heavy atom. The largest absolute Gasteiger partial charge is 0.337 e. The van der Waals surface area contributed by atoms with E-state index in [2.05, 4.69) is 23.3 Å². The van der Waals surface area contributed by atoms with E-state index in [-0.39, 0.29) is 36.8 Å². The van der Waals surface area contributed by atoms with Crippen LogP contribution in [0.3, 0.4) is 0 Å². The first-order chi connectivity index (χ1) is 11.1. The minimum absolute atomic E-state index is 0. The first-order valence-electron chi connectivity index (χ1n) is 8.47. The standard InChI is InChI=1S/C18H25N3OS.2ClH/c1-13(18-20-15-5-3-4-6-16(15)23-18)21(2)17(22)8-7-14-9-11-19-12-10-14;;/h3-6,13-14,19H,7-12H2,1-2H3;2*1H. The van der Waals surface area contributed by atoms with Crippen LogP contribution in [0.4, 0.5) is 0 Å². The van der Waals surface area contributed by atoms with Crippen LogP contribution in [0, 0.1) is 5.92 Å². The molecule has 1 unspecified atom stereocenters. The summed E-state index contributed by atoms with van der Waals surface area (Å²) < 4.78 is 1.19. The van der Waals surface area contributed by atoms with E-state index in [1.807, 2.05) is 30.1 Å². The quantitative estimate of drug-likeness (QED) is 0.802. The summed E-state index contributed by atoms with van der Waals surface area (Å²) in [5, 5.41) is 4.39. The van der Waals surface area contributed by atoms with Crippen molar-refractivity contribution in [1.82, 2.24) is 15.2 Å². The third-order valence-electron chi connectivity index (χ3n) is 4.87. The number of rotatable bonds is 5. The molecule has 1 aliphatic heterocycles. The van der Waals surface area contributed by atoms with Crippen molar-refractivity contribution in [3.05, 3.63) is 29.3 Å². The molecule has 0 radical (unpaired) electrons. The van der Waals surface area contributed by atoms with Crippen LogP contribution in [0.15, 0.2) is 24.3 Å². The molecular weight excluding hydrogens is 377 g/mol. The highest BCUT2D eigenvalue weighted by atomic mass is 35.5. The predicted octanol–water partition coefficient (Wildman–Crippen LogP) is 4.44. The molecule has 2 aromatic rings. The van der Waals surface area contributed by atoms with Crippen LogP contribution in [0.5, 0.6) is 0 Å². The van der Waals surface area contributed by atoms with Gasteiger partial charge in [0.25, 0.3) is 0 Å². The second kappa shape index (κ2) is 10.3. The first-order valence-corrected chi connectivity index (χ1v) is 9.28. The zero-order valence-electron chi connectivity index (χ0n) is 14.7. The summed E-state index contributed by atoms with van der Waals surface area (Å²) in [6.07, 6.45) is 4.06. The van der Waals surface area contributed by atoms with Crippen LogP contribution in [0.1, 0.15) is 43.7 Å². The van der Waals surface area contributed by atoms with Crippen molar-refractivity contribution in [2.75, 3.05) is 20.1 Å². The number of thiazole rings is 1. The summed E-state index contributed by atoms with van der Waals surface area (Å²) in [6, 6.07) is 8.18. The van der Waals surface area contributed by atoms with Gasteiger partial charge in [0, 0.05) is 13.5 Å². The zero-order chi connectivity index (χ0) is 16.2. The van der Waals surface area contributed by atoms with Gasteiger partial charge in [-0.3, -0.25) is 4.79 Å². The molecule has 1 aromatic heterocycles. The lowest BCUT2D eigenvalue weighted by molar-refractivity contribution is -0.132. The van der Waals surface area contributed by atoms with E-state index >= 15 is 0 Å².